The molecule has 1 unspecified atom stereocenters. The summed E-state index contributed by atoms with van der Waals surface area (Å²) in [6.07, 6.45) is 5.18. The first-order valence-electron chi connectivity index (χ1n) is 9.40. The lowest BCUT2D eigenvalue weighted by molar-refractivity contribution is 0.173. The fourth-order valence-corrected chi connectivity index (χ4v) is 3.99. The summed E-state index contributed by atoms with van der Waals surface area (Å²) in [5.74, 6) is 1.20. The maximum absolute atomic E-state index is 5.90. The maximum Gasteiger partial charge on any atom is 0.0314 e. The quantitative estimate of drug-likeness (QED) is 0.765. The van der Waals surface area contributed by atoms with Crippen LogP contribution in [-0.4, -0.2) is 24.5 Å². The predicted molar refractivity (Wildman–Crippen MR) is 103 cm³/mol. The van der Waals surface area contributed by atoms with Crippen LogP contribution < -0.4 is 5.73 Å². The Labute approximate surface area is 146 Å². The van der Waals surface area contributed by atoms with Crippen LogP contribution in [0.15, 0.2) is 54.6 Å². The van der Waals surface area contributed by atoms with Gasteiger partial charge in [-0.25, -0.2) is 0 Å². The largest absolute Gasteiger partial charge is 0.399 e. The normalized spacial score (nSPS) is 17.7. The molecule has 1 saturated heterocycles. The van der Waals surface area contributed by atoms with Crippen LogP contribution in [0.5, 0.6) is 0 Å². The fraction of sp³-hybridized carbons (Fsp3) is 0.455. The van der Waals surface area contributed by atoms with E-state index < -0.39 is 0 Å². The van der Waals surface area contributed by atoms with Gasteiger partial charge in [0.2, 0.25) is 0 Å². The highest BCUT2D eigenvalue weighted by Gasteiger charge is 2.28. The molecule has 0 spiro atoms. The summed E-state index contributed by atoms with van der Waals surface area (Å²) in [7, 11) is 0. The summed E-state index contributed by atoms with van der Waals surface area (Å²) in [4.78, 5) is 2.64. The lowest BCUT2D eigenvalue weighted by Crippen LogP contribution is -2.36. The standard InChI is InChI=1S/C22H30N2/c1-2-3-15-24-16-13-20(14-17-24)22(18-7-5-4-6-8-18)19-9-11-21(23)12-10-19/h4-12,20,22H,2-3,13-17,23H2,1H3. The second kappa shape index (κ2) is 8.34. The van der Waals surface area contributed by atoms with Crippen molar-refractivity contribution in [2.24, 2.45) is 5.92 Å². The molecule has 2 N–H and O–H groups in total. The van der Waals surface area contributed by atoms with Crippen molar-refractivity contribution in [2.75, 3.05) is 25.4 Å². The Kier molecular flexibility index (Phi) is 5.92. The van der Waals surface area contributed by atoms with Crippen LogP contribution in [0.3, 0.4) is 0 Å². The zero-order valence-electron chi connectivity index (χ0n) is 14.8. The van der Waals surface area contributed by atoms with Crippen molar-refractivity contribution >= 4 is 5.69 Å². The average molecular weight is 322 g/mol. The van der Waals surface area contributed by atoms with E-state index >= 15 is 0 Å². The van der Waals surface area contributed by atoms with Crippen LogP contribution in [0.1, 0.15) is 49.7 Å². The van der Waals surface area contributed by atoms with Gasteiger partial charge in [-0.05, 0) is 68.1 Å². The number of likely N-dealkylation sites (tertiary alicyclic amines) is 1. The van der Waals surface area contributed by atoms with Gasteiger partial charge >= 0.3 is 0 Å². The minimum absolute atomic E-state index is 0.486. The van der Waals surface area contributed by atoms with E-state index in [-0.39, 0.29) is 0 Å². The third-order valence-corrected chi connectivity index (χ3v) is 5.39. The number of benzene rings is 2. The van der Waals surface area contributed by atoms with Gasteiger partial charge in [-0.2, -0.15) is 0 Å². The van der Waals surface area contributed by atoms with Crippen molar-refractivity contribution in [1.29, 1.82) is 0 Å². The van der Waals surface area contributed by atoms with Gasteiger partial charge in [0.05, 0.1) is 0 Å². The first kappa shape index (κ1) is 17.0. The Morgan fingerprint density at radius 2 is 1.58 bits per heavy atom. The monoisotopic (exact) mass is 322 g/mol. The van der Waals surface area contributed by atoms with E-state index in [0.29, 0.717) is 11.8 Å². The van der Waals surface area contributed by atoms with Gasteiger partial charge < -0.3 is 10.6 Å². The molecular formula is C22H30N2. The molecule has 1 atom stereocenters. The molecule has 1 fully saturated rings. The molecule has 2 heteroatoms. The van der Waals surface area contributed by atoms with Crippen molar-refractivity contribution in [3.05, 3.63) is 65.7 Å². The van der Waals surface area contributed by atoms with Gasteiger partial charge in [-0.3, -0.25) is 0 Å². The predicted octanol–water partition coefficient (Wildman–Crippen LogP) is 4.91. The summed E-state index contributed by atoms with van der Waals surface area (Å²) >= 11 is 0. The van der Waals surface area contributed by atoms with Gasteiger partial charge in [0.15, 0.2) is 0 Å². The molecule has 128 valence electrons. The van der Waals surface area contributed by atoms with Gasteiger partial charge in [0.25, 0.3) is 0 Å². The molecule has 2 nitrogen and oxygen atoms in total. The van der Waals surface area contributed by atoms with Crippen molar-refractivity contribution in [3.63, 3.8) is 0 Å². The van der Waals surface area contributed by atoms with Crippen molar-refractivity contribution < 1.29 is 0 Å². The maximum atomic E-state index is 5.90. The summed E-state index contributed by atoms with van der Waals surface area (Å²) < 4.78 is 0. The van der Waals surface area contributed by atoms with Gasteiger partial charge in [0.1, 0.15) is 0 Å². The number of piperidine rings is 1. The number of hydrogen-bond acceptors (Lipinski definition) is 2. The molecule has 1 aliphatic rings. The van der Waals surface area contributed by atoms with E-state index in [1.165, 1.54) is 56.4 Å². The Balaban J connectivity index is 1.77. The average Bonchev–Trinajstić information content (AvgIpc) is 2.64. The number of rotatable bonds is 6. The topological polar surface area (TPSA) is 29.3 Å². The molecule has 1 heterocycles. The summed E-state index contributed by atoms with van der Waals surface area (Å²) in [6, 6.07) is 19.5. The zero-order valence-corrected chi connectivity index (χ0v) is 14.8. The van der Waals surface area contributed by atoms with E-state index in [9.17, 15) is 0 Å². The highest BCUT2D eigenvalue weighted by Crippen LogP contribution is 2.38. The highest BCUT2D eigenvalue weighted by atomic mass is 15.1. The van der Waals surface area contributed by atoms with E-state index in [1.54, 1.807) is 0 Å². The fourth-order valence-electron chi connectivity index (χ4n) is 3.99. The second-order valence-electron chi connectivity index (χ2n) is 7.09. The van der Waals surface area contributed by atoms with E-state index in [2.05, 4.69) is 54.3 Å². The Morgan fingerprint density at radius 3 is 2.21 bits per heavy atom. The minimum atomic E-state index is 0.486. The number of nitrogens with zero attached hydrogens (tertiary/aromatic N) is 1. The number of unbranched alkanes of at least 4 members (excludes halogenated alkanes) is 1. The van der Waals surface area contributed by atoms with Gasteiger partial charge in [-0.15, -0.1) is 0 Å². The first-order chi connectivity index (χ1) is 11.8. The molecule has 0 bridgehead atoms. The zero-order chi connectivity index (χ0) is 16.8. The first-order valence-corrected chi connectivity index (χ1v) is 9.40. The molecule has 0 aliphatic carbocycles. The third kappa shape index (κ3) is 4.18. The van der Waals surface area contributed by atoms with E-state index in [0.717, 1.165) is 5.69 Å². The Bertz CT molecular complexity index is 598. The van der Waals surface area contributed by atoms with Crippen LogP contribution in [0.25, 0.3) is 0 Å². The molecule has 3 rings (SSSR count). The highest BCUT2D eigenvalue weighted by molar-refractivity contribution is 5.43. The molecule has 1 aliphatic heterocycles. The Hall–Kier alpha value is -1.80. The molecule has 24 heavy (non-hydrogen) atoms. The van der Waals surface area contributed by atoms with Crippen LogP contribution in [0.2, 0.25) is 0 Å². The molecule has 0 radical (unpaired) electrons. The van der Waals surface area contributed by atoms with Gasteiger partial charge in [-0.1, -0.05) is 55.8 Å². The Morgan fingerprint density at radius 1 is 0.958 bits per heavy atom. The minimum Gasteiger partial charge on any atom is -0.399 e. The van der Waals surface area contributed by atoms with Crippen LogP contribution in [0, 0.1) is 5.92 Å². The van der Waals surface area contributed by atoms with Crippen molar-refractivity contribution in [3.8, 4) is 0 Å². The van der Waals surface area contributed by atoms with Crippen molar-refractivity contribution in [1.82, 2.24) is 4.90 Å². The molecule has 0 amide bonds. The molecular weight excluding hydrogens is 292 g/mol. The smallest absolute Gasteiger partial charge is 0.0314 e. The van der Waals surface area contributed by atoms with Gasteiger partial charge in [0, 0.05) is 11.6 Å². The number of anilines is 1. The number of hydrogen-bond donors (Lipinski definition) is 1. The number of nitrogen functional groups attached to an aromatic ring is 1. The molecule has 2 aromatic rings. The number of nitrogens with two attached hydrogens (primary N) is 1. The van der Waals surface area contributed by atoms with Crippen LogP contribution in [-0.2, 0) is 0 Å². The third-order valence-electron chi connectivity index (χ3n) is 5.39. The summed E-state index contributed by atoms with van der Waals surface area (Å²) in [5, 5.41) is 0. The van der Waals surface area contributed by atoms with Crippen LogP contribution in [0.4, 0.5) is 5.69 Å². The van der Waals surface area contributed by atoms with Crippen LogP contribution >= 0.6 is 0 Å². The summed E-state index contributed by atoms with van der Waals surface area (Å²) in [5.41, 5.74) is 9.59. The summed E-state index contributed by atoms with van der Waals surface area (Å²) in [6.45, 7) is 6.02. The second-order valence-corrected chi connectivity index (χ2v) is 7.09. The molecule has 0 aromatic heterocycles. The lowest BCUT2D eigenvalue weighted by Gasteiger charge is -2.36. The molecule has 2 aromatic carbocycles. The van der Waals surface area contributed by atoms with Crippen molar-refractivity contribution in [2.45, 2.75) is 38.5 Å². The van der Waals surface area contributed by atoms with E-state index in [1.807, 2.05) is 12.1 Å². The lowest BCUT2D eigenvalue weighted by atomic mass is 9.76. The van der Waals surface area contributed by atoms with E-state index in [4.69, 9.17) is 5.73 Å². The molecule has 0 saturated carbocycles. The SMILES string of the molecule is CCCCN1CCC(C(c2ccccc2)c2ccc(N)cc2)CC1.